The maximum absolute atomic E-state index is 13.0. The molecule has 2 N–H and O–H groups in total. The summed E-state index contributed by atoms with van der Waals surface area (Å²) in [5, 5.41) is 17.9. The quantitative estimate of drug-likeness (QED) is 0.881. The third-order valence-electron chi connectivity index (χ3n) is 2.79. The van der Waals surface area contributed by atoms with E-state index in [2.05, 4.69) is 0 Å². The molecule has 0 spiro atoms. The standard InChI is InChI=1S/C15H13FO4/c16-13-5-6-14(12(7-13)8-17)20-9-10-1-3-11(4-2-10)15(18)19/h1-7,17H,8-9H2,(H,18,19). The lowest BCUT2D eigenvalue weighted by atomic mass is 10.1. The summed E-state index contributed by atoms with van der Waals surface area (Å²) in [5.41, 5.74) is 1.35. The Balaban J connectivity index is 2.06. The van der Waals surface area contributed by atoms with E-state index in [1.54, 1.807) is 12.1 Å². The van der Waals surface area contributed by atoms with Gasteiger partial charge in [0.15, 0.2) is 0 Å². The molecule has 0 aliphatic rings. The largest absolute Gasteiger partial charge is 0.489 e. The maximum Gasteiger partial charge on any atom is 0.335 e. The number of carbonyl (C=O) groups is 1. The summed E-state index contributed by atoms with van der Waals surface area (Å²) in [6, 6.07) is 10.2. The number of halogens is 1. The Morgan fingerprint density at radius 3 is 2.45 bits per heavy atom. The second-order valence-corrected chi connectivity index (χ2v) is 4.20. The molecule has 0 saturated carbocycles. The maximum atomic E-state index is 13.0. The number of rotatable bonds is 5. The monoisotopic (exact) mass is 276 g/mol. The SMILES string of the molecule is O=C(O)c1ccc(COc2ccc(F)cc2CO)cc1. The van der Waals surface area contributed by atoms with E-state index in [1.165, 1.54) is 30.3 Å². The highest BCUT2D eigenvalue weighted by Crippen LogP contribution is 2.21. The summed E-state index contributed by atoms with van der Waals surface area (Å²) in [7, 11) is 0. The summed E-state index contributed by atoms with van der Waals surface area (Å²) >= 11 is 0. The zero-order chi connectivity index (χ0) is 14.5. The van der Waals surface area contributed by atoms with E-state index in [-0.39, 0.29) is 18.8 Å². The van der Waals surface area contributed by atoms with Crippen LogP contribution in [0, 0.1) is 5.82 Å². The molecule has 5 heteroatoms. The topological polar surface area (TPSA) is 66.8 Å². The first-order valence-electron chi connectivity index (χ1n) is 5.94. The van der Waals surface area contributed by atoms with Gasteiger partial charge in [0.25, 0.3) is 0 Å². The van der Waals surface area contributed by atoms with Crippen molar-refractivity contribution in [2.45, 2.75) is 13.2 Å². The van der Waals surface area contributed by atoms with Crippen molar-refractivity contribution in [2.75, 3.05) is 0 Å². The molecule has 0 aliphatic carbocycles. The van der Waals surface area contributed by atoms with E-state index in [4.69, 9.17) is 14.9 Å². The van der Waals surface area contributed by atoms with Crippen LogP contribution in [0.1, 0.15) is 21.5 Å². The number of hydrogen-bond donors (Lipinski definition) is 2. The van der Waals surface area contributed by atoms with Gasteiger partial charge in [0.1, 0.15) is 18.2 Å². The normalized spacial score (nSPS) is 10.3. The lowest BCUT2D eigenvalue weighted by Crippen LogP contribution is -2.01. The van der Waals surface area contributed by atoms with Crippen LogP contribution in [0.4, 0.5) is 4.39 Å². The summed E-state index contributed by atoms with van der Waals surface area (Å²) in [5.74, 6) is -1.03. The van der Waals surface area contributed by atoms with Gasteiger partial charge < -0.3 is 14.9 Å². The second kappa shape index (κ2) is 6.16. The number of carboxylic acid groups (broad SMARTS) is 1. The van der Waals surface area contributed by atoms with E-state index in [1.807, 2.05) is 0 Å². The number of hydrogen-bond acceptors (Lipinski definition) is 3. The Hall–Kier alpha value is -2.40. The number of aliphatic hydroxyl groups is 1. The van der Waals surface area contributed by atoms with Crippen molar-refractivity contribution in [2.24, 2.45) is 0 Å². The van der Waals surface area contributed by atoms with Gasteiger partial charge in [-0.1, -0.05) is 12.1 Å². The average Bonchev–Trinajstić information content (AvgIpc) is 2.46. The molecule has 104 valence electrons. The third kappa shape index (κ3) is 3.33. The van der Waals surface area contributed by atoms with Gasteiger partial charge >= 0.3 is 5.97 Å². The molecule has 2 rings (SSSR count). The molecule has 0 bridgehead atoms. The Morgan fingerprint density at radius 1 is 1.15 bits per heavy atom. The lowest BCUT2D eigenvalue weighted by molar-refractivity contribution is 0.0697. The van der Waals surface area contributed by atoms with E-state index < -0.39 is 11.8 Å². The van der Waals surface area contributed by atoms with Crippen molar-refractivity contribution in [1.29, 1.82) is 0 Å². The van der Waals surface area contributed by atoms with Gasteiger partial charge in [0, 0.05) is 5.56 Å². The predicted octanol–water partition coefficient (Wildman–Crippen LogP) is 2.60. The van der Waals surface area contributed by atoms with Gasteiger partial charge in [-0.15, -0.1) is 0 Å². The molecule has 4 nitrogen and oxygen atoms in total. The van der Waals surface area contributed by atoms with Crippen molar-refractivity contribution in [3.05, 3.63) is 65.0 Å². The summed E-state index contributed by atoms with van der Waals surface area (Å²) in [4.78, 5) is 10.7. The van der Waals surface area contributed by atoms with Crippen LogP contribution in [0.2, 0.25) is 0 Å². The van der Waals surface area contributed by atoms with Crippen molar-refractivity contribution in [3.63, 3.8) is 0 Å². The molecule has 0 heterocycles. The summed E-state index contributed by atoms with van der Waals surface area (Å²) in [6.07, 6.45) is 0. The van der Waals surface area contributed by atoms with Crippen LogP contribution >= 0.6 is 0 Å². The molecule has 0 saturated heterocycles. The molecular formula is C15H13FO4. The van der Waals surface area contributed by atoms with Gasteiger partial charge in [-0.2, -0.15) is 0 Å². The van der Waals surface area contributed by atoms with Gasteiger partial charge in [-0.3, -0.25) is 0 Å². The van der Waals surface area contributed by atoms with Crippen molar-refractivity contribution < 1.29 is 24.1 Å². The first-order valence-corrected chi connectivity index (χ1v) is 5.94. The van der Waals surface area contributed by atoms with E-state index in [0.717, 1.165) is 5.56 Å². The van der Waals surface area contributed by atoms with Crippen LogP contribution in [0.5, 0.6) is 5.75 Å². The van der Waals surface area contributed by atoms with Gasteiger partial charge in [0.2, 0.25) is 0 Å². The zero-order valence-corrected chi connectivity index (χ0v) is 10.5. The molecule has 0 aliphatic heterocycles. The fraction of sp³-hybridized carbons (Fsp3) is 0.133. The van der Waals surface area contributed by atoms with Crippen molar-refractivity contribution in [3.8, 4) is 5.75 Å². The molecule has 20 heavy (non-hydrogen) atoms. The van der Waals surface area contributed by atoms with Crippen LogP contribution in [0.15, 0.2) is 42.5 Å². The number of carboxylic acids is 1. The summed E-state index contributed by atoms with van der Waals surface area (Å²) < 4.78 is 18.5. The molecular weight excluding hydrogens is 263 g/mol. The number of aliphatic hydroxyl groups excluding tert-OH is 1. The lowest BCUT2D eigenvalue weighted by Gasteiger charge is -2.10. The molecule has 0 radical (unpaired) electrons. The highest BCUT2D eigenvalue weighted by molar-refractivity contribution is 5.87. The number of aromatic carboxylic acids is 1. The second-order valence-electron chi connectivity index (χ2n) is 4.20. The molecule has 2 aromatic carbocycles. The van der Waals surface area contributed by atoms with Crippen LogP contribution in [0.3, 0.4) is 0 Å². The Bertz CT molecular complexity index is 608. The minimum atomic E-state index is -0.987. The van der Waals surface area contributed by atoms with E-state index in [9.17, 15) is 9.18 Å². The first kappa shape index (κ1) is 14.0. The van der Waals surface area contributed by atoms with E-state index >= 15 is 0 Å². The summed E-state index contributed by atoms with van der Waals surface area (Å²) in [6.45, 7) is -0.108. The number of ether oxygens (including phenoxy) is 1. The van der Waals surface area contributed by atoms with Gasteiger partial charge in [0.05, 0.1) is 12.2 Å². The highest BCUT2D eigenvalue weighted by atomic mass is 19.1. The minimum Gasteiger partial charge on any atom is -0.489 e. The third-order valence-corrected chi connectivity index (χ3v) is 2.79. The van der Waals surface area contributed by atoms with E-state index in [0.29, 0.717) is 11.3 Å². The molecule has 2 aromatic rings. The van der Waals surface area contributed by atoms with Crippen LogP contribution < -0.4 is 4.74 Å². The van der Waals surface area contributed by atoms with Crippen molar-refractivity contribution in [1.82, 2.24) is 0 Å². The molecule has 0 atom stereocenters. The van der Waals surface area contributed by atoms with Crippen molar-refractivity contribution >= 4 is 5.97 Å². The molecule has 0 fully saturated rings. The average molecular weight is 276 g/mol. The molecule has 0 aromatic heterocycles. The molecule has 0 unspecified atom stereocenters. The van der Waals surface area contributed by atoms with Gasteiger partial charge in [-0.05, 0) is 35.9 Å². The highest BCUT2D eigenvalue weighted by Gasteiger charge is 2.06. The Kier molecular flexibility index (Phi) is 4.32. The Labute approximate surface area is 115 Å². The minimum absolute atomic E-state index is 0.201. The van der Waals surface area contributed by atoms with Crippen LogP contribution in [-0.4, -0.2) is 16.2 Å². The number of benzene rings is 2. The smallest absolute Gasteiger partial charge is 0.335 e. The predicted molar refractivity (Wildman–Crippen MR) is 70.1 cm³/mol. The fourth-order valence-electron chi connectivity index (χ4n) is 1.72. The van der Waals surface area contributed by atoms with Gasteiger partial charge in [-0.25, -0.2) is 9.18 Å². The Morgan fingerprint density at radius 2 is 1.85 bits per heavy atom. The zero-order valence-electron chi connectivity index (χ0n) is 10.5. The first-order chi connectivity index (χ1) is 9.60. The molecule has 0 amide bonds. The van der Waals surface area contributed by atoms with Crippen LogP contribution in [0.25, 0.3) is 0 Å². The fourth-order valence-corrected chi connectivity index (χ4v) is 1.72. The van der Waals surface area contributed by atoms with Crippen LogP contribution in [-0.2, 0) is 13.2 Å².